The highest BCUT2D eigenvalue weighted by Crippen LogP contribution is 2.32. The number of nitrogens with one attached hydrogen (secondary N) is 1. The molecule has 2 aromatic heterocycles. The summed E-state index contributed by atoms with van der Waals surface area (Å²) in [6.07, 6.45) is 3.41. The minimum atomic E-state index is -0.382. The topological polar surface area (TPSA) is 90.3 Å². The Hall–Kier alpha value is -3.69. The molecule has 0 aliphatic rings. The molecule has 0 unspecified atom stereocenters. The van der Waals surface area contributed by atoms with Gasteiger partial charge in [-0.2, -0.15) is 0 Å². The van der Waals surface area contributed by atoms with Crippen molar-refractivity contribution in [1.29, 1.82) is 0 Å². The average Bonchev–Trinajstić information content (AvgIpc) is 3.34. The number of thiophene rings is 1. The molecule has 9 heteroatoms. The maximum Gasteiger partial charge on any atom is 0.338 e. The third-order valence-corrected chi connectivity index (χ3v) is 7.65. The summed E-state index contributed by atoms with van der Waals surface area (Å²) in [6, 6.07) is 14.6. The zero-order valence-corrected chi connectivity index (χ0v) is 23.0. The van der Waals surface area contributed by atoms with Crippen molar-refractivity contribution in [3.05, 3.63) is 88.0 Å². The molecule has 4 aromatic rings. The number of amides is 1. The molecule has 1 amide bonds. The van der Waals surface area contributed by atoms with Crippen LogP contribution in [-0.4, -0.2) is 33.8 Å². The molecule has 1 N–H and O–H groups in total. The fourth-order valence-corrected chi connectivity index (χ4v) is 5.56. The summed E-state index contributed by atoms with van der Waals surface area (Å²) in [5.74, 6) is -0.571. The molecular weight excluding hydrogens is 518 g/mol. The number of allylic oxidation sites excluding steroid dienone is 1. The van der Waals surface area contributed by atoms with Crippen LogP contribution >= 0.6 is 23.1 Å². The van der Waals surface area contributed by atoms with Crippen molar-refractivity contribution < 1.29 is 14.3 Å². The lowest BCUT2D eigenvalue weighted by atomic mass is 10.1. The van der Waals surface area contributed by atoms with Gasteiger partial charge in [-0.3, -0.25) is 14.2 Å². The van der Waals surface area contributed by atoms with Crippen molar-refractivity contribution in [2.75, 3.05) is 17.7 Å². The number of hydrogen-bond acceptors (Lipinski definition) is 7. The maximum atomic E-state index is 13.5. The zero-order valence-electron chi connectivity index (χ0n) is 21.4. The summed E-state index contributed by atoms with van der Waals surface area (Å²) in [4.78, 5) is 43.6. The number of unbranched alkanes of at least 4 members (excludes halogenated alkanes) is 1. The van der Waals surface area contributed by atoms with Gasteiger partial charge in [-0.05, 0) is 43.2 Å². The molecule has 38 heavy (non-hydrogen) atoms. The molecular formula is C29H29N3O4S2. The molecule has 2 heterocycles. The van der Waals surface area contributed by atoms with Crippen LogP contribution in [0.2, 0.25) is 0 Å². The standard InChI is InChI=1S/C29H29N3O4S2/c1-4-6-16-36-28(35)21-11-13-22(14-12-21)30-24(33)18-38-29-31-26-25(27(34)32(29)15-5-2)23(17-37-26)20-9-7-19(3)8-10-20/h5,7-14,17H,2,4,6,15-16,18H2,1,3H3,(H,30,33). The largest absolute Gasteiger partial charge is 0.462 e. The Bertz CT molecular complexity index is 1510. The minimum Gasteiger partial charge on any atom is -0.462 e. The molecule has 0 aliphatic heterocycles. The van der Waals surface area contributed by atoms with Crippen LogP contribution in [0.25, 0.3) is 21.3 Å². The van der Waals surface area contributed by atoms with E-state index in [9.17, 15) is 14.4 Å². The monoisotopic (exact) mass is 547 g/mol. The summed E-state index contributed by atoms with van der Waals surface area (Å²) in [5.41, 5.74) is 3.80. The molecule has 4 rings (SSSR count). The average molecular weight is 548 g/mol. The number of esters is 1. The summed E-state index contributed by atoms with van der Waals surface area (Å²) >= 11 is 2.61. The Balaban J connectivity index is 1.47. The number of carbonyl (C=O) groups excluding carboxylic acids is 2. The molecule has 0 saturated carbocycles. The van der Waals surface area contributed by atoms with Gasteiger partial charge in [-0.25, -0.2) is 9.78 Å². The van der Waals surface area contributed by atoms with Crippen LogP contribution in [0.1, 0.15) is 35.7 Å². The lowest BCUT2D eigenvalue weighted by Crippen LogP contribution is -2.23. The van der Waals surface area contributed by atoms with Crippen molar-refractivity contribution in [2.24, 2.45) is 0 Å². The van der Waals surface area contributed by atoms with Crippen molar-refractivity contribution >= 4 is 50.9 Å². The smallest absolute Gasteiger partial charge is 0.338 e. The molecule has 0 fully saturated rings. The van der Waals surface area contributed by atoms with Gasteiger partial charge in [0.05, 0.1) is 23.3 Å². The van der Waals surface area contributed by atoms with Gasteiger partial charge in [0, 0.05) is 23.2 Å². The number of ether oxygens (including phenoxy) is 1. The number of thioether (sulfide) groups is 1. The van der Waals surface area contributed by atoms with E-state index >= 15 is 0 Å². The highest BCUT2D eigenvalue weighted by molar-refractivity contribution is 7.99. The normalized spacial score (nSPS) is 10.9. The summed E-state index contributed by atoms with van der Waals surface area (Å²) in [7, 11) is 0. The number of anilines is 1. The number of carbonyl (C=O) groups is 2. The lowest BCUT2D eigenvalue weighted by molar-refractivity contribution is -0.113. The lowest BCUT2D eigenvalue weighted by Gasteiger charge is -2.11. The molecule has 7 nitrogen and oxygen atoms in total. The van der Waals surface area contributed by atoms with E-state index in [0.717, 1.165) is 29.5 Å². The molecule has 196 valence electrons. The van der Waals surface area contributed by atoms with Gasteiger partial charge in [-0.15, -0.1) is 17.9 Å². The van der Waals surface area contributed by atoms with Crippen LogP contribution < -0.4 is 10.9 Å². The third kappa shape index (κ3) is 6.41. The van der Waals surface area contributed by atoms with E-state index in [4.69, 9.17) is 9.72 Å². The van der Waals surface area contributed by atoms with E-state index in [1.807, 2.05) is 43.5 Å². The Morgan fingerprint density at radius 3 is 2.58 bits per heavy atom. The second kappa shape index (κ2) is 12.7. The van der Waals surface area contributed by atoms with Crippen molar-refractivity contribution in [2.45, 2.75) is 38.4 Å². The van der Waals surface area contributed by atoms with E-state index in [0.29, 0.717) is 33.2 Å². The predicted molar refractivity (Wildman–Crippen MR) is 155 cm³/mol. The third-order valence-electron chi connectivity index (χ3n) is 5.80. The molecule has 0 saturated heterocycles. The number of benzene rings is 2. The fraction of sp³-hybridized carbons (Fsp3) is 0.241. The van der Waals surface area contributed by atoms with Crippen molar-refractivity contribution in [1.82, 2.24) is 9.55 Å². The highest BCUT2D eigenvalue weighted by atomic mass is 32.2. The van der Waals surface area contributed by atoms with Crippen LogP contribution in [0.4, 0.5) is 5.69 Å². The summed E-state index contributed by atoms with van der Waals surface area (Å²) in [5, 5.41) is 5.80. The van der Waals surface area contributed by atoms with Crippen LogP contribution in [0.3, 0.4) is 0 Å². The highest BCUT2D eigenvalue weighted by Gasteiger charge is 2.18. The SMILES string of the molecule is C=CCn1c(SCC(=O)Nc2ccc(C(=O)OCCCC)cc2)nc2scc(-c3ccc(C)cc3)c2c1=O. The minimum absolute atomic E-state index is 0.0616. The van der Waals surface area contributed by atoms with E-state index in [-0.39, 0.29) is 29.7 Å². The van der Waals surface area contributed by atoms with Crippen molar-refractivity contribution in [3.8, 4) is 11.1 Å². The van der Waals surface area contributed by atoms with Crippen LogP contribution in [-0.2, 0) is 16.1 Å². The number of nitrogens with zero attached hydrogens (tertiary/aromatic N) is 2. The molecule has 0 radical (unpaired) electrons. The van der Waals surface area contributed by atoms with Crippen LogP contribution in [0, 0.1) is 6.92 Å². The number of fused-ring (bicyclic) bond motifs is 1. The maximum absolute atomic E-state index is 13.5. The first kappa shape index (κ1) is 27.3. The zero-order chi connectivity index (χ0) is 27.1. The first-order chi connectivity index (χ1) is 18.4. The van der Waals surface area contributed by atoms with Gasteiger partial charge < -0.3 is 10.1 Å². The van der Waals surface area contributed by atoms with E-state index in [2.05, 4.69) is 11.9 Å². The fourth-order valence-electron chi connectivity index (χ4n) is 3.76. The van der Waals surface area contributed by atoms with Crippen LogP contribution in [0.15, 0.2) is 76.5 Å². The molecule has 2 aromatic carbocycles. The summed E-state index contributed by atoms with van der Waals surface area (Å²) in [6.45, 7) is 8.50. The molecule has 0 bridgehead atoms. The Labute approximate surface area is 229 Å². The second-order valence-electron chi connectivity index (χ2n) is 8.70. The Morgan fingerprint density at radius 1 is 1.16 bits per heavy atom. The number of hydrogen-bond donors (Lipinski definition) is 1. The first-order valence-corrected chi connectivity index (χ1v) is 14.2. The predicted octanol–water partition coefficient (Wildman–Crippen LogP) is 6.31. The molecule has 0 atom stereocenters. The molecule has 0 aliphatic carbocycles. The van der Waals surface area contributed by atoms with Gasteiger partial charge in [0.15, 0.2) is 5.16 Å². The van der Waals surface area contributed by atoms with E-state index in [1.165, 1.54) is 23.1 Å². The van der Waals surface area contributed by atoms with Gasteiger partial charge in [-0.1, -0.05) is 61.0 Å². The quantitative estimate of drug-likeness (QED) is 0.0778. The van der Waals surface area contributed by atoms with Crippen molar-refractivity contribution in [3.63, 3.8) is 0 Å². The van der Waals surface area contributed by atoms with Gasteiger partial charge in [0.25, 0.3) is 5.56 Å². The Morgan fingerprint density at radius 2 is 1.89 bits per heavy atom. The van der Waals surface area contributed by atoms with Crippen LogP contribution in [0.5, 0.6) is 0 Å². The molecule has 0 spiro atoms. The first-order valence-electron chi connectivity index (χ1n) is 12.3. The van der Waals surface area contributed by atoms with Gasteiger partial charge in [0.1, 0.15) is 4.83 Å². The number of aryl methyl sites for hydroxylation is 1. The van der Waals surface area contributed by atoms with E-state index in [1.54, 1.807) is 34.9 Å². The summed E-state index contributed by atoms with van der Waals surface area (Å²) < 4.78 is 6.76. The second-order valence-corrected chi connectivity index (χ2v) is 10.5. The van der Waals surface area contributed by atoms with Gasteiger partial charge in [0.2, 0.25) is 5.91 Å². The number of aromatic nitrogens is 2. The van der Waals surface area contributed by atoms with E-state index < -0.39 is 0 Å². The number of rotatable bonds is 11. The Kier molecular flexibility index (Phi) is 9.15. The van der Waals surface area contributed by atoms with Gasteiger partial charge >= 0.3 is 5.97 Å².